The molecule has 0 bridgehead atoms. The molecule has 3 aromatic rings. The van der Waals surface area contributed by atoms with Crippen molar-refractivity contribution in [3.05, 3.63) is 65.9 Å². The van der Waals surface area contributed by atoms with E-state index in [1.54, 1.807) is 7.11 Å². The highest BCUT2D eigenvalue weighted by Gasteiger charge is 2.33. The number of aryl methyl sites for hydroxylation is 1. The van der Waals surface area contributed by atoms with Crippen molar-refractivity contribution in [1.82, 2.24) is 9.88 Å². The number of nitrogens with zero attached hydrogens (tertiary/aromatic N) is 2. The van der Waals surface area contributed by atoms with Crippen molar-refractivity contribution in [1.29, 1.82) is 0 Å². The number of likely N-dealkylation sites (tertiary alicyclic amines) is 1. The number of benzene rings is 2. The van der Waals surface area contributed by atoms with Gasteiger partial charge in [0.2, 0.25) is 0 Å². The number of pyridine rings is 1. The van der Waals surface area contributed by atoms with Crippen molar-refractivity contribution in [2.24, 2.45) is 11.8 Å². The molecule has 0 aliphatic carbocycles. The molecule has 0 saturated carbocycles. The van der Waals surface area contributed by atoms with Gasteiger partial charge in [-0.05, 0) is 86.2 Å². The van der Waals surface area contributed by atoms with Crippen LogP contribution in [-0.4, -0.2) is 53.5 Å². The fourth-order valence-electron chi connectivity index (χ4n) is 4.85. The van der Waals surface area contributed by atoms with Crippen LogP contribution in [0.5, 0.6) is 5.75 Å². The number of rotatable bonds is 10. The number of aliphatic carboxylic acids is 1. The molecule has 0 spiro atoms. The van der Waals surface area contributed by atoms with Gasteiger partial charge in [0.05, 0.1) is 18.5 Å². The lowest BCUT2D eigenvalue weighted by Crippen LogP contribution is -2.44. The molecule has 35 heavy (non-hydrogen) atoms. The van der Waals surface area contributed by atoms with E-state index < -0.39 is 23.5 Å². The van der Waals surface area contributed by atoms with Crippen LogP contribution in [0.3, 0.4) is 0 Å². The summed E-state index contributed by atoms with van der Waals surface area (Å²) in [5.41, 5.74) is 2.12. The Morgan fingerprint density at radius 3 is 2.89 bits per heavy atom. The molecule has 5 nitrogen and oxygen atoms in total. The van der Waals surface area contributed by atoms with E-state index in [0.29, 0.717) is 18.8 Å². The van der Waals surface area contributed by atoms with Gasteiger partial charge in [0, 0.05) is 35.3 Å². The van der Waals surface area contributed by atoms with Crippen LogP contribution in [0.1, 0.15) is 24.8 Å². The third kappa shape index (κ3) is 6.49. The van der Waals surface area contributed by atoms with Crippen LogP contribution in [0.2, 0.25) is 0 Å². The fraction of sp³-hybridized carbons (Fsp3) is 0.407. The van der Waals surface area contributed by atoms with Crippen LogP contribution in [0.4, 0.5) is 8.78 Å². The Balaban J connectivity index is 1.30. The number of ether oxygens (including phenoxy) is 1. The van der Waals surface area contributed by atoms with Gasteiger partial charge in [-0.1, -0.05) is 0 Å². The molecular weight excluding hydrogens is 470 g/mol. The zero-order valence-corrected chi connectivity index (χ0v) is 20.6. The minimum absolute atomic E-state index is 0.125. The van der Waals surface area contributed by atoms with Gasteiger partial charge in [0.1, 0.15) is 17.4 Å². The van der Waals surface area contributed by atoms with Crippen LogP contribution >= 0.6 is 11.8 Å². The minimum atomic E-state index is -0.761. The SMILES string of the molecule is COc1ccc2nccc(CCC[C@@H]3CCN(CCSc4cc(F)ccc4F)C[C@@H]3C(=O)O)c2c1. The molecule has 0 radical (unpaired) electrons. The first-order chi connectivity index (χ1) is 16.9. The Labute approximate surface area is 208 Å². The summed E-state index contributed by atoms with van der Waals surface area (Å²) in [5, 5.41) is 10.9. The average Bonchev–Trinajstić information content (AvgIpc) is 2.86. The Morgan fingerprint density at radius 2 is 2.09 bits per heavy atom. The van der Waals surface area contributed by atoms with Gasteiger partial charge < -0.3 is 14.7 Å². The number of thioether (sulfide) groups is 1. The number of carboxylic acid groups (broad SMARTS) is 1. The molecule has 1 N–H and O–H groups in total. The molecule has 1 fully saturated rings. The number of methoxy groups -OCH3 is 1. The largest absolute Gasteiger partial charge is 0.497 e. The summed E-state index contributed by atoms with van der Waals surface area (Å²) >= 11 is 1.26. The highest BCUT2D eigenvalue weighted by molar-refractivity contribution is 7.99. The summed E-state index contributed by atoms with van der Waals surface area (Å²) in [7, 11) is 1.65. The molecule has 4 rings (SSSR count). The number of aromatic nitrogens is 1. The first-order valence-electron chi connectivity index (χ1n) is 11.9. The monoisotopic (exact) mass is 500 g/mol. The lowest BCUT2D eigenvalue weighted by molar-refractivity contribution is -0.146. The summed E-state index contributed by atoms with van der Waals surface area (Å²) in [6.45, 7) is 1.94. The van der Waals surface area contributed by atoms with Gasteiger partial charge >= 0.3 is 5.97 Å². The normalized spacial score (nSPS) is 18.6. The third-order valence-electron chi connectivity index (χ3n) is 6.78. The number of hydrogen-bond donors (Lipinski definition) is 1. The van der Waals surface area contributed by atoms with E-state index in [0.717, 1.165) is 61.0 Å². The van der Waals surface area contributed by atoms with E-state index in [9.17, 15) is 18.7 Å². The zero-order valence-electron chi connectivity index (χ0n) is 19.8. The van der Waals surface area contributed by atoms with Crippen LogP contribution < -0.4 is 4.74 Å². The molecule has 2 aromatic carbocycles. The van der Waals surface area contributed by atoms with Crippen molar-refractivity contribution in [3.8, 4) is 5.75 Å². The van der Waals surface area contributed by atoms with E-state index in [1.165, 1.54) is 23.4 Å². The first-order valence-corrected chi connectivity index (χ1v) is 12.9. The molecule has 2 atom stereocenters. The summed E-state index contributed by atoms with van der Waals surface area (Å²) < 4.78 is 32.6. The van der Waals surface area contributed by atoms with Crippen molar-refractivity contribution >= 4 is 28.6 Å². The molecule has 0 amide bonds. The van der Waals surface area contributed by atoms with Crippen molar-refractivity contribution < 1.29 is 23.4 Å². The maximum absolute atomic E-state index is 13.8. The summed E-state index contributed by atoms with van der Waals surface area (Å²) in [4.78, 5) is 18.9. The standard InChI is InChI=1S/C27H30F2N2O3S/c1-34-21-6-8-25-22(16-21)18(9-11-30-25)3-2-4-19-10-12-31(17-23(19)27(32)33)13-14-35-26-15-20(28)5-7-24(26)29/h5-9,11,15-16,19,23H,2-4,10,12-14,17H2,1H3,(H,32,33)/t19-,23+/m1/s1. The van der Waals surface area contributed by atoms with Gasteiger partial charge in [-0.25, -0.2) is 8.78 Å². The highest BCUT2D eigenvalue weighted by Crippen LogP contribution is 2.31. The first kappa shape index (κ1) is 25.4. The Bertz CT molecular complexity index is 1180. The number of piperidine rings is 1. The van der Waals surface area contributed by atoms with Gasteiger partial charge in [0.25, 0.3) is 0 Å². The molecule has 2 heterocycles. The number of carbonyl (C=O) groups is 1. The lowest BCUT2D eigenvalue weighted by Gasteiger charge is -2.36. The molecular formula is C27H30F2N2O3S. The molecule has 0 unspecified atom stereocenters. The summed E-state index contributed by atoms with van der Waals surface area (Å²) in [6, 6.07) is 11.3. The topological polar surface area (TPSA) is 62.7 Å². The van der Waals surface area contributed by atoms with E-state index in [-0.39, 0.29) is 10.8 Å². The van der Waals surface area contributed by atoms with E-state index in [4.69, 9.17) is 4.74 Å². The van der Waals surface area contributed by atoms with Crippen LogP contribution in [0, 0.1) is 23.5 Å². The molecule has 1 saturated heterocycles. The lowest BCUT2D eigenvalue weighted by atomic mass is 9.81. The van der Waals surface area contributed by atoms with Crippen LogP contribution in [0.15, 0.2) is 53.6 Å². The van der Waals surface area contributed by atoms with Crippen molar-refractivity contribution in [2.45, 2.75) is 30.6 Å². The van der Waals surface area contributed by atoms with Gasteiger partial charge in [0.15, 0.2) is 0 Å². The summed E-state index contributed by atoms with van der Waals surface area (Å²) in [5.74, 6) is -0.575. The van der Waals surface area contributed by atoms with Gasteiger partial charge in [-0.15, -0.1) is 11.8 Å². The maximum Gasteiger partial charge on any atom is 0.308 e. The Kier molecular flexibility index (Phi) is 8.57. The Morgan fingerprint density at radius 1 is 1.23 bits per heavy atom. The predicted octanol–water partition coefficient (Wildman–Crippen LogP) is 5.66. The molecule has 1 aliphatic heterocycles. The van der Waals surface area contributed by atoms with E-state index >= 15 is 0 Å². The quantitative estimate of drug-likeness (QED) is 0.363. The average molecular weight is 501 g/mol. The molecule has 8 heteroatoms. The molecule has 1 aromatic heterocycles. The second-order valence-corrected chi connectivity index (χ2v) is 10.1. The van der Waals surface area contributed by atoms with Gasteiger partial charge in [-0.2, -0.15) is 0 Å². The number of hydrogen-bond acceptors (Lipinski definition) is 5. The number of halogens is 2. The van der Waals surface area contributed by atoms with E-state index in [2.05, 4.69) is 9.88 Å². The third-order valence-corrected chi connectivity index (χ3v) is 7.79. The number of carboxylic acids is 1. The zero-order chi connectivity index (χ0) is 24.8. The van der Waals surface area contributed by atoms with Gasteiger partial charge in [-0.3, -0.25) is 9.78 Å². The molecule has 1 aliphatic rings. The van der Waals surface area contributed by atoms with Crippen molar-refractivity contribution in [2.75, 3.05) is 32.5 Å². The fourth-order valence-corrected chi connectivity index (χ4v) is 5.82. The smallest absolute Gasteiger partial charge is 0.308 e. The Hall–Kier alpha value is -2.71. The maximum atomic E-state index is 13.8. The second kappa shape index (κ2) is 11.8. The number of fused-ring (bicyclic) bond motifs is 1. The van der Waals surface area contributed by atoms with E-state index in [1.807, 2.05) is 30.5 Å². The molecule has 186 valence electrons. The van der Waals surface area contributed by atoms with Crippen molar-refractivity contribution in [3.63, 3.8) is 0 Å². The van der Waals surface area contributed by atoms with Crippen LogP contribution in [0.25, 0.3) is 10.9 Å². The highest BCUT2D eigenvalue weighted by atomic mass is 32.2. The minimum Gasteiger partial charge on any atom is -0.497 e. The second-order valence-electron chi connectivity index (χ2n) is 8.96. The summed E-state index contributed by atoms with van der Waals surface area (Å²) in [6.07, 6.45) is 5.24. The van der Waals surface area contributed by atoms with Crippen LogP contribution in [-0.2, 0) is 11.2 Å². The predicted molar refractivity (Wildman–Crippen MR) is 134 cm³/mol.